The van der Waals surface area contributed by atoms with Crippen molar-refractivity contribution in [2.24, 2.45) is 0 Å². The maximum absolute atomic E-state index is 12.5. The van der Waals surface area contributed by atoms with Crippen molar-refractivity contribution in [1.82, 2.24) is 15.5 Å². The fourth-order valence-corrected chi connectivity index (χ4v) is 4.26. The monoisotopic (exact) mass is 348 g/mol. The van der Waals surface area contributed by atoms with Crippen molar-refractivity contribution in [2.45, 2.75) is 12.5 Å². The number of rotatable bonds is 3. The number of esters is 1. The summed E-state index contributed by atoms with van der Waals surface area (Å²) in [5.41, 5.74) is 1.65. The van der Waals surface area contributed by atoms with Gasteiger partial charge in [0.15, 0.2) is 5.75 Å². The molecule has 1 amide bonds. The fraction of sp³-hybridized carbons (Fsp3) is 0.400. The lowest BCUT2D eigenvalue weighted by Crippen LogP contribution is -2.46. The summed E-state index contributed by atoms with van der Waals surface area (Å²) >= 11 is 1.38. The number of nitrogens with zero attached hydrogens (tertiary/aromatic N) is 2. The van der Waals surface area contributed by atoms with Crippen LogP contribution in [0.5, 0.6) is 5.75 Å². The average molecular weight is 348 g/mol. The molecule has 4 rings (SSSR count). The van der Waals surface area contributed by atoms with E-state index in [-0.39, 0.29) is 24.3 Å². The number of hydrogen-bond acceptors (Lipinski definition) is 7. The molecule has 2 N–H and O–H groups in total. The van der Waals surface area contributed by atoms with Gasteiger partial charge in [0.2, 0.25) is 0 Å². The van der Waals surface area contributed by atoms with Gasteiger partial charge in [0, 0.05) is 18.3 Å². The molecule has 0 saturated carbocycles. The van der Waals surface area contributed by atoms with Gasteiger partial charge in [-0.3, -0.25) is 14.7 Å². The second-order valence-electron chi connectivity index (χ2n) is 5.61. The molecule has 0 radical (unpaired) electrons. The number of anilines is 1. The first-order valence-corrected chi connectivity index (χ1v) is 8.41. The second kappa shape index (κ2) is 5.82. The number of methoxy groups -OCH3 is 1. The molecule has 2 aliphatic heterocycles. The number of carbonyl (C=O) groups is 2. The molecule has 2 aliphatic rings. The number of carbonyl (C=O) groups excluding carboxylic acids is 2. The summed E-state index contributed by atoms with van der Waals surface area (Å²) in [5.74, 6) is 0.249. The topological polar surface area (TPSA) is 96.5 Å². The lowest BCUT2D eigenvalue weighted by Gasteiger charge is -2.35. The van der Waals surface area contributed by atoms with E-state index in [2.05, 4.69) is 20.4 Å². The maximum atomic E-state index is 12.5. The van der Waals surface area contributed by atoms with E-state index in [0.717, 1.165) is 16.1 Å². The number of amides is 1. The quantitative estimate of drug-likeness (QED) is 0.804. The van der Waals surface area contributed by atoms with E-state index in [9.17, 15) is 9.59 Å². The zero-order valence-electron chi connectivity index (χ0n) is 13.0. The van der Waals surface area contributed by atoms with Crippen molar-refractivity contribution in [1.29, 1.82) is 0 Å². The Labute approximate surface area is 141 Å². The normalized spacial score (nSPS) is 19.1. The zero-order chi connectivity index (χ0) is 16.7. The van der Waals surface area contributed by atoms with Crippen LogP contribution in [0.25, 0.3) is 10.4 Å². The molecule has 0 aliphatic carbocycles. The van der Waals surface area contributed by atoms with Crippen LogP contribution in [0.4, 0.5) is 5.69 Å². The third-order valence-electron chi connectivity index (χ3n) is 4.24. The predicted octanol–water partition coefficient (Wildman–Crippen LogP) is 1.01. The van der Waals surface area contributed by atoms with Gasteiger partial charge in [-0.05, 0) is 0 Å². The summed E-state index contributed by atoms with van der Waals surface area (Å²) in [4.78, 5) is 27.8. The van der Waals surface area contributed by atoms with Crippen LogP contribution in [0.3, 0.4) is 0 Å². The Bertz CT molecular complexity index is 786. The molecule has 0 fully saturated rings. The number of H-pyrrole nitrogens is 1. The van der Waals surface area contributed by atoms with Crippen LogP contribution in [-0.2, 0) is 9.53 Å². The molecule has 2 aromatic heterocycles. The summed E-state index contributed by atoms with van der Waals surface area (Å²) in [7, 11) is 1.37. The molecule has 0 bridgehead atoms. The van der Waals surface area contributed by atoms with Crippen molar-refractivity contribution in [3.05, 3.63) is 17.3 Å². The van der Waals surface area contributed by atoms with Gasteiger partial charge in [0.25, 0.3) is 5.91 Å². The van der Waals surface area contributed by atoms with Crippen molar-refractivity contribution in [2.75, 3.05) is 31.7 Å². The highest BCUT2D eigenvalue weighted by Gasteiger charge is 2.38. The first kappa shape index (κ1) is 15.0. The van der Waals surface area contributed by atoms with E-state index in [4.69, 9.17) is 9.47 Å². The minimum absolute atomic E-state index is 0.145. The van der Waals surface area contributed by atoms with E-state index in [1.165, 1.54) is 18.4 Å². The van der Waals surface area contributed by atoms with Crippen LogP contribution in [0.15, 0.2) is 12.4 Å². The van der Waals surface area contributed by atoms with Gasteiger partial charge in [0.05, 0.1) is 37.2 Å². The lowest BCUT2D eigenvalue weighted by atomic mass is 10.1. The number of aromatic nitrogens is 2. The molecular formula is C15H16N4O4S. The number of thiophene rings is 1. The minimum atomic E-state index is -0.295. The number of ether oxygens (including phenoxy) is 2. The molecule has 4 heterocycles. The van der Waals surface area contributed by atoms with Gasteiger partial charge in [-0.1, -0.05) is 0 Å². The highest BCUT2D eigenvalue weighted by Crippen LogP contribution is 2.50. The smallest absolute Gasteiger partial charge is 0.307 e. The number of nitrogens with one attached hydrogen (secondary N) is 2. The van der Waals surface area contributed by atoms with Crippen LogP contribution in [0.1, 0.15) is 16.1 Å². The van der Waals surface area contributed by atoms with Gasteiger partial charge in [-0.15, -0.1) is 11.3 Å². The molecule has 0 aromatic carbocycles. The lowest BCUT2D eigenvalue weighted by molar-refractivity contribution is -0.141. The van der Waals surface area contributed by atoms with Crippen LogP contribution in [-0.4, -0.2) is 54.9 Å². The van der Waals surface area contributed by atoms with Gasteiger partial charge < -0.3 is 19.7 Å². The van der Waals surface area contributed by atoms with Crippen LogP contribution in [0, 0.1) is 0 Å². The fourth-order valence-electron chi connectivity index (χ4n) is 3.10. The standard InChI is InChI=1S/C15H16N4O4S/c1-22-10(20)4-9-7-16-15(21)14-11-12(23-3-2-19(9)11)13(24-14)8-5-17-18-6-8/h5-6,9H,2-4,7H2,1H3,(H,16,21)(H,17,18)/t9-/m1/s1. The van der Waals surface area contributed by atoms with Crippen LogP contribution in [0.2, 0.25) is 0 Å². The summed E-state index contributed by atoms with van der Waals surface area (Å²) in [6, 6.07) is -0.155. The molecule has 1 atom stereocenters. The number of hydrogen-bond donors (Lipinski definition) is 2. The molecule has 9 heteroatoms. The molecule has 24 heavy (non-hydrogen) atoms. The predicted molar refractivity (Wildman–Crippen MR) is 87.5 cm³/mol. The van der Waals surface area contributed by atoms with E-state index < -0.39 is 0 Å². The van der Waals surface area contributed by atoms with E-state index in [1.807, 2.05) is 0 Å². The highest BCUT2D eigenvalue weighted by molar-refractivity contribution is 7.18. The Morgan fingerprint density at radius 2 is 2.42 bits per heavy atom. The Morgan fingerprint density at radius 1 is 1.54 bits per heavy atom. The molecule has 0 unspecified atom stereocenters. The summed E-state index contributed by atoms with van der Waals surface area (Å²) < 4.78 is 10.7. The first-order chi connectivity index (χ1) is 11.7. The van der Waals surface area contributed by atoms with Gasteiger partial charge in [-0.25, -0.2) is 0 Å². The van der Waals surface area contributed by atoms with Crippen LogP contribution >= 0.6 is 11.3 Å². The van der Waals surface area contributed by atoms with E-state index in [0.29, 0.717) is 30.3 Å². The third kappa shape index (κ3) is 2.32. The van der Waals surface area contributed by atoms with Crippen molar-refractivity contribution < 1.29 is 19.1 Å². The highest BCUT2D eigenvalue weighted by atomic mass is 32.1. The Kier molecular flexibility index (Phi) is 3.64. The molecule has 2 aromatic rings. The molecule has 126 valence electrons. The average Bonchev–Trinajstić information content (AvgIpc) is 3.22. The molecule has 0 saturated heterocycles. The van der Waals surface area contributed by atoms with Crippen molar-refractivity contribution in [3.8, 4) is 16.2 Å². The van der Waals surface area contributed by atoms with Gasteiger partial charge >= 0.3 is 5.97 Å². The second-order valence-corrected chi connectivity index (χ2v) is 6.63. The van der Waals surface area contributed by atoms with Crippen molar-refractivity contribution >= 4 is 28.9 Å². The van der Waals surface area contributed by atoms with Crippen LogP contribution < -0.4 is 15.0 Å². The summed E-state index contributed by atoms with van der Waals surface area (Å²) in [6.07, 6.45) is 3.69. The largest absolute Gasteiger partial charge is 0.488 e. The minimum Gasteiger partial charge on any atom is -0.488 e. The third-order valence-corrected chi connectivity index (χ3v) is 5.45. The maximum Gasteiger partial charge on any atom is 0.307 e. The van der Waals surface area contributed by atoms with Gasteiger partial charge in [-0.2, -0.15) is 5.10 Å². The Hall–Kier alpha value is -2.55. The molecular weight excluding hydrogens is 332 g/mol. The van der Waals surface area contributed by atoms with Crippen molar-refractivity contribution in [3.63, 3.8) is 0 Å². The number of aromatic amines is 1. The first-order valence-electron chi connectivity index (χ1n) is 7.59. The SMILES string of the molecule is COC(=O)C[C@@H]1CNC(=O)c2sc(-c3cn[nH]c3)c3c2N1CCO3. The van der Waals surface area contributed by atoms with E-state index >= 15 is 0 Å². The Balaban J connectivity index is 1.81. The van der Waals surface area contributed by atoms with E-state index in [1.54, 1.807) is 12.4 Å². The summed E-state index contributed by atoms with van der Waals surface area (Å²) in [5, 5.41) is 9.65. The summed E-state index contributed by atoms with van der Waals surface area (Å²) in [6.45, 7) is 1.52. The van der Waals surface area contributed by atoms with Gasteiger partial charge in [0.1, 0.15) is 17.2 Å². The molecule has 8 nitrogen and oxygen atoms in total. The Morgan fingerprint density at radius 3 is 3.17 bits per heavy atom. The zero-order valence-corrected chi connectivity index (χ0v) is 13.8. The molecule has 0 spiro atoms.